The van der Waals surface area contributed by atoms with Crippen LogP contribution in [0.15, 0.2) is 27.9 Å². The number of fused-ring (bicyclic) bond motifs is 1. The van der Waals surface area contributed by atoms with E-state index in [4.69, 9.17) is 5.73 Å². The number of carbonyl (C=O) groups is 1. The number of nitrogens with zero attached hydrogens (tertiary/aromatic N) is 2. The van der Waals surface area contributed by atoms with Crippen LogP contribution < -0.4 is 11.4 Å². The van der Waals surface area contributed by atoms with Gasteiger partial charge in [-0.1, -0.05) is 13.8 Å². The Morgan fingerprint density at radius 2 is 1.73 bits per heavy atom. The predicted molar refractivity (Wildman–Crippen MR) is 97.1 cm³/mol. The molecule has 4 N–H and O–H groups in total. The molecule has 26 heavy (non-hydrogen) atoms. The number of hydrogen-bond donors (Lipinski definition) is 3. The molecule has 1 aliphatic heterocycles. The fourth-order valence-corrected chi connectivity index (χ4v) is 4.41. The third kappa shape index (κ3) is 3.39. The van der Waals surface area contributed by atoms with Crippen molar-refractivity contribution >= 4 is 27.0 Å². The summed E-state index contributed by atoms with van der Waals surface area (Å²) >= 11 is 0. The Kier molecular flexibility index (Phi) is 4.91. The van der Waals surface area contributed by atoms with Crippen LogP contribution in [0.2, 0.25) is 0 Å². The second-order valence-corrected chi connectivity index (χ2v) is 8.72. The van der Waals surface area contributed by atoms with E-state index in [1.807, 2.05) is 13.8 Å². The lowest BCUT2D eigenvalue weighted by atomic mass is 10.0. The summed E-state index contributed by atoms with van der Waals surface area (Å²) in [4.78, 5) is 30.5. The van der Waals surface area contributed by atoms with Gasteiger partial charge >= 0.3 is 5.69 Å². The fourth-order valence-electron chi connectivity index (χ4n) is 2.97. The summed E-state index contributed by atoms with van der Waals surface area (Å²) in [7, 11) is -3.70. The Morgan fingerprint density at radius 1 is 1.12 bits per heavy atom. The second kappa shape index (κ2) is 6.86. The summed E-state index contributed by atoms with van der Waals surface area (Å²) in [5.41, 5.74) is 6.50. The van der Waals surface area contributed by atoms with Crippen LogP contribution in [0, 0.1) is 5.92 Å². The number of hydrogen-bond acceptors (Lipinski definition) is 5. The van der Waals surface area contributed by atoms with Crippen molar-refractivity contribution < 1.29 is 13.2 Å². The van der Waals surface area contributed by atoms with Crippen molar-refractivity contribution in [2.75, 3.05) is 26.2 Å². The van der Waals surface area contributed by atoms with Crippen molar-refractivity contribution in [2.45, 2.75) is 24.8 Å². The highest BCUT2D eigenvalue weighted by Gasteiger charge is 2.32. The minimum absolute atomic E-state index is 0.0273. The number of nitrogens with two attached hydrogens (primary N) is 1. The number of piperazine rings is 1. The zero-order chi connectivity index (χ0) is 19.1. The third-order valence-electron chi connectivity index (χ3n) is 4.68. The van der Waals surface area contributed by atoms with Gasteiger partial charge in [0, 0.05) is 26.2 Å². The molecular weight excluding hydrogens is 358 g/mol. The number of amides is 1. The molecule has 1 atom stereocenters. The monoisotopic (exact) mass is 381 g/mol. The number of benzene rings is 1. The highest BCUT2D eigenvalue weighted by Crippen LogP contribution is 2.21. The molecule has 0 unspecified atom stereocenters. The summed E-state index contributed by atoms with van der Waals surface area (Å²) < 4.78 is 27.1. The summed E-state index contributed by atoms with van der Waals surface area (Å²) in [5, 5.41) is 0. The Morgan fingerprint density at radius 3 is 2.35 bits per heavy atom. The topological polar surface area (TPSA) is 132 Å². The molecule has 0 radical (unpaired) electrons. The lowest BCUT2D eigenvalue weighted by molar-refractivity contribution is -0.134. The van der Waals surface area contributed by atoms with Gasteiger partial charge in [-0.05, 0) is 24.1 Å². The molecule has 1 aliphatic rings. The first-order valence-electron chi connectivity index (χ1n) is 8.46. The Balaban J connectivity index is 1.75. The van der Waals surface area contributed by atoms with Gasteiger partial charge < -0.3 is 20.6 Å². The molecule has 2 aromatic rings. The van der Waals surface area contributed by atoms with Crippen LogP contribution in [0.25, 0.3) is 11.0 Å². The molecule has 0 saturated carbocycles. The standard InChI is InChI=1S/C16H23N5O4S/c1-10(2)14(17)15(22)20-5-7-21(8-6-20)26(24,25)11-3-4-12-13(9-11)19-16(23)18-12/h3-4,9-10,14H,5-8,17H2,1-2H3,(H2,18,19,23)/t14-/m0/s1. The number of imidazole rings is 1. The molecule has 1 aromatic heterocycles. The van der Waals surface area contributed by atoms with Crippen molar-refractivity contribution in [1.82, 2.24) is 19.2 Å². The number of carbonyl (C=O) groups excluding carboxylic acids is 1. The van der Waals surface area contributed by atoms with Crippen molar-refractivity contribution in [1.29, 1.82) is 0 Å². The van der Waals surface area contributed by atoms with Gasteiger partial charge in [0.05, 0.1) is 22.0 Å². The van der Waals surface area contributed by atoms with Crippen LogP contribution in [0.4, 0.5) is 0 Å². The van der Waals surface area contributed by atoms with Crippen LogP contribution in [-0.4, -0.2) is 65.7 Å². The smallest absolute Gasteiger partial charge is 0.323 e. The van der Waals surface area contributed by atoms with Crippen LogP contribution in [-0.2, 0) is 14.8 Å². The van der Waals surface area contributed by atoms with Crippen molar-refractivity contribution in [3.8, 4) is 0 Å². The lowest BCUT2D eigenvalue weighted by Crippen LogP contribution is -2.55. The van der Waals surface area contributed by atoms with Gasteiger partial charge in [-0.2, -0.15) is 4.31 Å². The Hall–Kier alpha value is -2.17. The quantitative estimate of drug-likeness (QED) is 0.667. The molecule has 2 heterocycles. The van der Waals surface area contributed by atoms with Gasteiger partial charge in [-0.3, -0.25) is 4.79 Å². The summed E-state index contributed by atoms with van der Waals surface area (Å²) in [5.74, 6) is -0.122. The van der Waals surface area contributed by atoms with E-state index in [2.05, 4.69) is 9.97 Å². The van der Waals surface area contributed by atoms with Gasteiger partial charge in [0.15, 0.2) is 0 Å². The van der Waals surface area contributed by atoms with Gasteiger partial charge in [-0.25, -0.2) is 13.2 Å². The Bertz CT molecular complexity index is 970. The van der Waals surface area contributed by atoms with E-state index in [9.17, 15) is 18.0 Å². The summed E-state index contributed by atoms with van der Waals surface area (Å²) in [6, 6.07) is 3.88. The number of aromatic amines is 2. The van der Waals surface area contributed by atoms with Crippen LogP contribution in [0.1, 0.15) is 13.8 Å². The third-order valence-corrected chi connectivity index (χ3v) is 6.57. The van der Waals surface area contributed by atoms with Gasteiger partial charge in [-0.15, -0.1) is 0 Å². The first-order chi connectivity index (χ1) is 12.2. The minimum Gasteiger partial charge on any atom is -0.339 e. The van der Waals surface area contributed by atoms with Crippen molar-refractivity contribution in [3.05, 3.63) is 28.7 Å². The normalized spacial score (nSPS) is 17.8. The zero-order valence-corrected chi connectivity index (χ0v) is 15.5. The molecule has 10 heteroatoms. The molecule has 142 valence electrons. The molecule has 1 amide bonds. The largest absolute Gasteiger partial charge is 0.339 e. The minimum atomic E-state index is -3.70. The maximum absolute atomic E-state index is 12.9. The summed E-state index contributed by atoms with van der Waals surface area (Å²) in [6.45, 7) is 4.79. The predicted octanol–water partition coefficient (Wildman–Crippen LogP) is -0.328. The first kappa shape index (κ1) is 18.6. The SMILES string of the molecule is CC(C)[C@H](N)C(=O)N1CCN(S(=O)(=O)c2ccc3[nH]c(=O)[nH]c3c2)CC1. The van der Waals surface area contributed by atoms with Crippen molar-refractivity contribution in [2.24, 2.45) is 11.7 Å². The molecule has 1 aromatic carbocycles. The Labute approximate surface area is 151 Å². The molecule has 3 rings (SSSR count). The van der Waals surface area contributed by atoms with Crippen LogP contribution in [0.3, 0.4) is 0 Å². The molecule has 9 nitrogen and oxygen atoms in total. The highest BCUT2D eigenvalue weighted by atomic mass is 32.2. The van der Waals surface area contributed by atoms with E-state index in [1.54, 1.807) is 11.0 Å². The number of H-pyrrole nitrogens is 2. The number of sulfonamides is 1. The van der Waals surface area contributed by atoms with Gasteiger partial charge in [0.1, 0.15) is 0 Å². The summed E-state index contributed by atoms with van der Waals surface area (Å²) in [6.07, 6.45) is 0. The number of nitrogens with one attached hydrogen (secondary N) is 2. The number of rotatable bonds is 4. The van der Waals surface area contributed by atoms with Crippen LogP contribution in [0.5, 0.6) is 0 Å². The maximum atomic E-state index is 12.9. The molecule has 0 bridgehead atoms. The molecular formula is C16H23N5O4S. The van der Waals surface area contributed by atoms with Crippen LogP contribution >= 0.6 is 0 Å². The van der Waals surface area contributed by atoms with E-state index in [-0.39, 0.29) is 35.5 Å². The van der Waals surface area contributed by atoms with Gasteiger partial charge in [0.2, 0.25) is 15.9 Å². The van der Waals surface area contributed by atoms with E-state index in [0.29, 0.717) is 24.1 Å². The molecule has 1 saturated heterocycles. The van der Waals surface area contributed by atoms with E-state index in [1.165, 1.54) is 16.4 Å². The fraction of sp³-hybridized carbons (Fsp3) is 0.500. The highest BCUT2D eigenvalue weighted by molar-refractivity contribution is 7.89. The molecule has 0 spiro atoms. The maximum Gasteiger partial charge on any atom is 0.323 e. The average Bonchev–Trinajstić information content (AvgIpc) is 2.99. The molecule has 0 aliphatic carbocycles. The van der Waals surface area contributed by atoms with E-state index >= 15 is 0 Å². The zero-order valence-electron chi connectivity index (χ0n) is 14.7. The van der Waals surface area contributed by atoms with Gasteiger partial charge in [0.25, 0.3) is 0 Å². The second-order valence-electron chi connectivity index (χ2n) is 6.79. The molecule has 1 fully saturated rings. The number of aromatic nitrogens is 2. The van der Waals surface area contributed by atoms with Crippen molar-refractivity contribution in [3.63, 3.8) is 0 Å². The lowest BCUT2D eigenvalue weighted by Gasteiger charge is -2.35. The average molecular weight is 381 g/mol. The van der Waals surface area contributed by atoms with E-state index in [0.717, 1.165) is 0 Å². The van der Waals surface area contributed by atoms with E-state index < -0.39 is 16.1 Å². The first-order valence-corrected chi connectivity index (χ1v) is 9.90.